The van der Waals surface area contributed by atoms with Gasteiger partial charge in [0.05, 0.1) is 18.1 Å². The van der Waals surface area contributed by atoms with Crippen LogP contribution < -0.4 is 10.6 Å². The van der Waals surface area contributed by atoms with Gasteiger partial charge in [-0.05, 0) is 50.9 Å². The zero-order valence-electron chi connectivity index (χ0n) is 14.0. The second kappa shape index (κ2) is 6.83. The van der Waals surface area contributed by atoms with Crippen molar-refractivity contribution in [3.63, 3.8) is 0 Å². The molecule has 0 saturated heterocycles. The lowest BCUT2D eigenvalue weighted by Gasteiger charge is -2.30. The maximum absolute atomic E-state index is 5.47. The van der Waals surface area contributed by atoms with Crippen LogP contribution in [0.25, 0.3) is 11.0 Å². The summed E-state index contributed by atoms with van der Waals surface area (Å²) in [6.45, 7) is 6.50. The van der Waals surface area contributed by atoms with Gasteiger partial charge in [0.25, 0.3) is 0 Å². The van der Waals surface area contributed by atoms with Crippen LogP contribution in [-0.4, -0.2) is 25.9 Å². The SMILES string of the molecule is CC(C)n1ncc2cc(NC(=S)N[C@H]3CCCC[C@@H]3C)cnc21. The number of pyridine rings is 1. The highest BCUT2D eigenvalue weighted by Crippen LogP contribution is 2.24. The minimum absolute atomic E-state index is 0.300. The van der Waals surface area contributed by atoms with E-state index in [-0.39, 0.29) is 0 Å². The van der Waals surface area contributed by atoms with E-state index in [0.29, 0.717) is 23.1 Å². The molecule has 0 unspecified atom stereocenters. The van der Waals surface area contributed by atoms with Gasteiger partial charge in [0.2, 0.25) is 0 Å². The molecule has 0 bridgehead atoms. The molecule has 6 heteroatoms. The summed E-state index contributed by atoms with van der Waals surface area (Å²) in [6.07, 6.45) is 8.77. The summed E-state index contributed by atoms with van der Waals surface area (Å²) in [4.78, 5) is 4.53. The summed E-state index contributed by atoms with van der Waals surface area (Å²) in [5.74, 6) is 0.674. The zero-order valence-corrected chi connectivity index (χ0v) is 14.9. The number of nitrogens with zero attached hydrogens (tertiary/aromatic N) is 3. The molecule has 1 fully saturated rings. The van der Waals surface area contributed by atoms with Crippen LogP contribution in [0.3, 0.4) is 0 Å². The monoisotopic (exact) mass is 331 g/mol. The third-order valence-electron chi connectivity index (χ3n) is 4.61. The topological polar surface area (TPSA) is 54.8 Å². The molecule has 1 saturated carbocycles. The van der Waals surface area contributed by atoms with Crippen LogP contribution in [0.4, 0.5) is 5.69 Å². The molecular formula is C17H25N5S. The first kappa shape index (κ1) is 16.2. The average Bonchev–Trinajstić information content (AvgIpc) is 2.93. The number of nitrogens with one attached hydrogen (secondary N) is 2. The Labute approximate surface area is 142 Å². The van der Waals surface area contributed by atoms with E-state index in [1.807, 2.05) is 23.1 Å². The van der Waals surface area contributed by atoms with Crippen molar-refractivity contribution in [1.82, 2.24) is 20.1 Å². The Morgan fingerprint density at radius 2 is 2.09 bits per heavy atom. The molecule has 124 valence electrons. The van der Waals surface area contributed by atoms with Crippen molar-refractivity contribution in [1.29, 1.82) is 0 Å². The molecule has 0 radical (unpaired) electrons. The van der Waals surface area contributed by atoms with Gasteiger partial charge in [0.15, 0.2) is 10.8 Å². The lowest BCUT2D eigenvalue weighted by Crippen LogP contribution is -2.43. The Bertz CT molecular complexity index is 693. The largest absolute Gasteiger partial charge is 0.359 e. The van der Waals surface area contributed by atoms with E-state index < -0.39 is 0 Å². The van der Waals surface area contributed by atoms with Gasteiger partial charge < -0.3 is 10.6 Å². The Balaban J connectivity index is 1.67. The van der Waals surface area contributed by atoms with Gasteiger partial charge in [-0.1, -0.05) is 19.8 Å². The van der Waals surface area contributed by atoms with E-state index in [1.54, 1.807) is 0 Å². The van der Waals surface area contributed by atoms with Gasteiger partial charge >= 0.3 is 0 Å². The van der Waals surface area contributed by atoms with E-state index in [0.717, 1.165) is 16.7 Å². The Kier molecular flexibility index (Phi) is 4.80. The lowest BCUT2D eigenvalue weighted by molar-refractivity contribution is 0.309. The summed E-state index contributed by atoms with van der Waals surface area (Å²) in [5.41, 5.74) is 1.81. The number of thiocarbonyl (C=S) groups is 1. The van der Waals surface area contributed by atoms with Crippen LogP contribution in [0.15, 0.2) is 18.5 Å². The fraction of sp³-hybridized carbons (Fsp3) is 0.588. The second-order valence-electron chi connectivity index (χ2n) is 6.79. The molecule has 0 aliphatic heterocycles. The molecule has 5 nitrogen and oxygen atoms in total. The van der Waals surface area contributed by atoms with E-state index in [9.17, 15) is 0 Å². The fourth-order valence-corrected chi connectivity index (χ4v) is 3.52. The van der Waals surface area contributed by atoms with Gasteiger partial charge in [-0.25, -0.2) is 9.67 Å². The van der Waals surface area contributed by atoms with Crippen LogP contribution in [0.2, 0.25) is 0 Å². The molecule has 0 amide bonds. The van der Waals surface area contributed by atoms with Gasteiger partial charge in [0.1, 0.15) is 0 Å². The van der Waals surface area contributed by atoms with E-state index in [4.69, 9.17) is 12.2 Å². The molecule has 2 aromatic rings. The van der Waals surface area contributed by atoms with Crippen LogP contribution in [-0.2, 0) is 0 Å². The number of hydrogen-bond acceptors (Lipinski definition) is 3. The highest BCUT2D eigenvalue weighted by molar-refractivity contribution is 7.80. The Morgan fingerprint density at radius 1 is 1.30 bits per heavy atom. The first-order valence-electron chi connectivity index (χ1n) is 8.45. The number of fused-ring (bicyclic) bond motifs is 1. The van der Waals surface area contributed by atoms with Crippen molar-refractivity contribution in [2.24, 2.45) is 5.92 Å². The van der Waals surface area contributed by atoms with Crippen molar-refractivity contribution >= 4 is 34.1 Å². The summed E-state index contributed by atoms with van der Waals surface area (Å²) >= 11 is 5.47. The number of rotatable bonds is 3. The van der Waals surface area contributed by atoms with Crippen LogP contribution in [0.5, 0.6) is 0 Å². The average molecular weight is 331 g/mol. The first-order chi connectivity index (χ1) is 11.0. The molecule has 1 aliphatic carbocycles. The summed E-state index contributed by atoms with van der Waals surface area (Å²) in [6, 6.07) is 2.82. The molecule has 1 aliphatic rings. The molecule has 2 atom stereocenters. The standard InChI is InChI=1S/C17H25N5S/c1-11(2)22-16-13(9-19-22)8-14(10-18-16)20-17(23)21-15-7-5-4-6-12(15)3/h8-12,15H,4-7H2,1-3H3,(H2,20,21,23)/t12-,15-/m0/s1. The summed E-state index contributed by atoms with van der Waals surface area (Å²) in [5, 5.41) is 12.8. The summed E-state index contributed by atoms with van der Waals surface area (Å²) in [7, 11) is 0. The maximum Gasteiger partial charge on any atom is 0.171 e. The van der Waals surface area contributed by atoms with Crippen LogP contribution in [0.1, 0.15) is 52.5 Å². The first-order valence-corrected chi connectivity index (χ1v) is 8.86. The number of anilines is 1. The van der Waals surface area contributed by atoms with Gasteiger partial charge in [-0.2, -0.15) is 5.10 Å². The molecule has 0 aromatic carbocycles. The lowest BCUT2D eigenvalue weighted by atomic mass is 9.86. The highest BCUT2D eigenvalue weighted by atomic mass is 32.1. The highest BCUT2D eigenvalue weighted by Gasteiger charge is 2.21. The van der Waals surface area contributed by atoms with E-state index in [2.05, 4.69) is 41.5 Å². The van der Waals surface area contributed by atoms with E-state index >= 15 is 0 Å². The van der Waals surface area contributed by atoms with Crippen molar-refractivity contribution in [2.45, 2.75) is 58.5 Å². The van der Waals surface area contributed by atoms with Crippen molar-refractivity contribution in [2.75, 3.05) is 5.32 Å². The molecular weight excluding hydrogens is 306 g/mol. The smallest absolute Gasteiger partial charge is 0.171 e. The summed E-state index contributed by atoms with van der Waals surface area (Å²) < 4.78 is 1.93. The minimum Gasteiger partial charge on any atom is -0.359 e. The number of hydrogen-bond donors (Lipinski definition) is 2. The van der Waals surface area contributed by atoms with Gasteiger partial charge in [-0.3, -0.25) is 0 Å². The van der Waals surface area contributed by atoms with Gasteiger partial charge in [0, 0.05) is 17.5 Å². The zero-order chi connectivity index (χ0) is 16.4. The predicted octanol–water partition coefficient (Wildman–Crippen LogP) is 3.88. The van der Waals surface area contributed by atoms with E-state index in [1.165, 1.54) is 25.7 Å². The molecule has 23 heavy (non-hydrogen) atoms. The molecule has 0 spiro atoms. The Morgan fingerprint density at radius 3 is 2.83 bits per heavy atom. The van der Waals surface area contributed by atoms with Crippen LogP contribution in [0, 0.1) is 5.92 Å². The maximum atomic E-state index is 5.47. The molecule has 2 heterocycles. The van der Waals surface area contributed by atoms with Crippen molar-refractivity contribution < 1.29 is 0 Å². The van der Waals surface area contributed by atoms with Gasteiger partial charge in [-0.15, -0.1) is 0 Å². The molecule has 2 N–H and O–H groups in total. The van der Waals surface area contributed by atoms with Crippen LogP contribution >= 0.6 is 12.2 Å². The minimum atomic E-state index is 0.300. The molecule has 2 aromatic heterocycles. The quantitative estimate of drug-likeness (QED) is 0.836. The van der Waals surface area contributed by atoms with Crippen molar-refractivity contribution in [3.05, 3.63) is 18.5 Å². The third kappa shape index (κ3) is 3.63. The van der Waals surface area contributed by atoms with Crippen molar-refractivity contribution in [3.8, 4) is 0 Å². The second-order valence-corrected chi connectivity index (χ2v) is 7.19. The molecule has 3 rings (SSSR count). The normalized spacial score (nSPS) is 21.6. The fourth-order valence-electron chi connectivity index (χ4n) is 3.25. The number of aromatic nitrogens is 3. The Hall–Kier alpha value is -1.69. The predicted molar refractivity (Wildman–Crippen MR) is 98.7 cm³/mol. The third-order valence-corrected chi connectivity index (χ3v) is 4.83.